The number of rotatable bonds is 5. The smallest absolute Gasteiger partial charge is 0.120 e. The third-order valence-electron chi connectivity index (χ3n) is 6.78. The first-order valence-corrected chi connectivity index (χ1v) is 10.9. The standard InChI is InChI=1S/C25H35NO/c1-25(2,3)21-10-13-23(14-11-21)27-24-12-9-19-15-18(7-8-20(19)16-24)17-26-22-5-4-6-22/h7-9,12,15-16,21-23,26H,4-6,10-11,13-14,17H2,1-3H3/t21-,23-. The molecule has 2 nitrogen and oxygen atoms in total. The molecule has 0 aromatic heterocycles. The van der Waals surface area contributed by atoms with Gasteiger partial charge in [-0.25, -0.2) is 0 Å². The van der Waals surface area contributed by atoms with Gasteiger partial charge < -0.3 is 10.1 Å². The highest BCUT2D eigenvalue weighted by atomic mass is 16.5. The molecule has 27 heavy (non-hydrogen) atoms. The van der Waals surface area contributed by atoms with Gasteiger partial charge in [-0.1, -0.05) is 45.4 Å². The van der Waals surface area contributed by atoms with Crippen molar-refractivity contribution in [2.45, 2.75) is 84.4 Å². The van der Waals surface area contributed by atoms with Crippen molar-refractivity contribution in [2.75, 3.05) is 0 Å². The highest BCUT2D eigenvalue weighted by molar-refractivity contribution is 5.84. The van der Waals surface area contributed by atoms with Gasteiger partial charge in [0.25, 0.3) is 0 Å². The molecule has 2 aromatic carbocycles. The van der Waals surface area contributed by atoms with Gasteiger partial charge in [0.2, 0.25) is 0 Å². The first kappa shape index (κ1) is 18.8. The Balaban J connectivity index is 1.35. The summed E-state index contributed by atoms with van der Waals surface area (Å²) < 4.78 is 6.34. The van der Waals surface area contributed by atoms with E-state index in [9.17, 15) is 0 Å². The maximum absolute atomic E-state index is 6.34. The summed E-state index contributed by atoms with van der Waals surface area (Å²) in [7, 11) is 0. The van der Waals surface area contributed by atoms with E-state index in [1.165, 1.54) is 61.3 Å². The van der Waals surface area contributed by atoms with Crippen molar-refractivity contribution in [1.29, 1.82) is 0 Å². The Labute approximate surface area is 164 Å². The van der Waals surface area contributed by atoms with Crippen molar-refractivity contribution < 1.29 is 4.74 Å². The summed E-state index contributed by atoms with van der Waals surface area (Å²) in [5.74, 6) is 1.86. The average molecular weight is 366 g/mol. The lowest BCUT2D eigenvalue weighted by Gasteiger charge is -2.37. The number of nitrogens with one attached hydrogen (secondary N) is 1. The summed E-state index contributed by atoms with van der Waals surface area (Å²) in [6, 6.07) is 14.2. The lowest BCUT2D eigenvalue weighted by atomic mass is 9.72. The van der Waals surface area contributed by atoms with Gasteiger partial charge in [-0.15, -0.1) is 0 Å². The normalized spacial score (nSPS) is 24.0. The molecule has 0 amide bonds. The van der Waals surface area contributed by atoms with Gasteiger partial charge in [0, 0.05) is 12.6 Å². The molecule has 0 atom stereocenters. The van der Waals surface area contributed by atoms with Crippen LogP contribution in [0.1, 0.15) is 71.3 Å². The van der Waals surface area contributed by atoms with Crippen LogP contribution in [0.2, 0.25) is 0 Å². The Kier molecular flexibility index (Phi) is 5.45. The quantitative estimate of drug-likeness (QED) is 0.656. The minimum atomic E-state index is 0.381. The van der Waals surface area contributed by atoms with E-state index in [4.69, 9.17) is 4.74 Å². The van der Waals surface area contributed by atoms with Crippen molar-refractivity contribution in [3.05, 3.63) is 42.0 Å². The number of hydrogen-bond donors (Lipinski definition) is 1. The van der Waals surface area contributed by atoms with Gasteiger partial charge in [-0.3, -0.25) is 0 Å². The van der Waals surface area contributed by atoms with Crippen LogP contribution >= 0.6 is 0 Å². The van der Waals surface area contributed by atoms with Crippen LogP contribution in [0, 0.1) is 11.3 Å². The number of hydrogen-bond acceptors (Lipinski definition) is 2. The highest BCUT2D eigenvalue weighted by Crippen LogP contribution is 2.39. The maximum atomic E-state index is 6.34. The van der Waals surface area contributed by atoms with E-state index >= 15 is 0 Å². The Morgan fingerprint density at radius 2 is 1.59 bits per heavy atom. The van der Waals surface area contributed by atoms with Gasteiger partial charge in [-0.05, 0) is 84.4 Å². The lowest BCUT2D eigenvalue weighted by Crippen LogP contribution is -2.34. The minimum Gasteiger partial charge on any atom is -0.490 e. The summed E-state index contributed by atoms with van der Waals surface area (Å²) in [5.41, 5.74) is 1.81. The molecular weight excluding hydrogens is 330 g/mol. The Bertz CT molecular complexity index is 763. The van der Waals surface area contributed by atoms with Crippen LogP contribution < -0.4 is 10.1 Å². The van der Waals surface area contributed by atoms with Crippen molar-refractivity contribution in [1.82, 2.24) is 5.32 Å². The van der Waals surface area contributed by atoms with Crippen molar-refractivity contribution >= 4 is 10.8 Å². The molecule has 1 N–H and O–H groups in total. The monoisotopic (exact) mass is 365 g/mol. The van der Waals surface area contributed by atoms with E-state index in [0.717, 1.165) is 24.3 Å². The van der Waals surface area contributed by atoms with Crippen LogP contribution in [0.5, 0.6) is 5.75 Å². The summed E-state index contributed by atoms with van der Waals surface area (Å²) in [6.07, 6.45) is 9.40. The van der Waals surface area contributed by atoms with E-state index in [1.54, 1.807) is 0 Å². The molecule has 2 aromatic rings. The molecule has 2 heteroatoms. The largest absolute Gasteiger partial charge is 0.490 e. The van der Waals surface area contributed by atoms with Crippen LogP contribution in [-0.4, -0.2) is 12.1 Å². The van der Waals surface area contributed by atoms with Crippen molar-refractivity contribution in [3.8, 4) is 5.75 Å². The predicted molar refractivity (Wildman–Crippen MR) is 114 cm³/mol. The number of benzene rings is 2. The van der Waals surface area contributed by atoms with E-state index < -0.39 is 0 Å². The van der Waals surface area contributed by atoms with Gasteiger partial charge in [0.15, 0.2) is 0 Å². The average Bonchev–Trinajstić information content (AvgIpc) is 2.60. The van der Waals surface area contributed by atoms with Crippen molar-refractivity contribution in [2.24, 2.45) is 11.3 Å². The second-order valence-electron chi connectivity index (χ2n) is 9.81. The molecule has 146 valence electrons. The molecular formula is C25H35NO. The van der Waals surface area contributed by atoms with E-state index in [1.807, 2.05) is 0 Å². The molecule has 0 bridgehead atoms. The van der Waals surface area contributed by atoms with Gasteiger partial charge >= 0.3 is 0 Å². The second-order valence-corrected chi connectivity index (χ2v) is 9.81. The molecule has 2 fully saturated rings. The Morgan fingerprint density at radius 1 is 0.889 bits per heavy atom. The Hall–Kier alpha value is -1.54. The molecule has 2 aliphatic rings. The number of fused-ring (bicyclic) bond motifs is 1. The van der Waals surface area contributed by atoms with Crippen LogP contribution in [0.3, 0.4) is 0 Å². The summed E-state index contributed by atoms with van der Waals surface area (Å²) in [4.78, 5) is 0. The number of ether oxygens (including phenoxy) is 1. The molecule has 0 radical (unpaired) electrons. The zero-order chi connectivity index (χ0) is 18.9. The third-order valence-corrected chi connectivity index (χ3v) is 6.78. The Morgan fingerprint density at radius 3 is 2.26 bits per heavy atom. The fraction of sp³-hybridized carbons (Fsp3) is 0.600. The van der Waals surface area contributed by atoms with Crippen LogP contribution in [0.4, 0.5) is 0 Å². The molecule has 0 heterocycles. The summed E-state index contributed by atoms with van der Waals surface area (Å²) >= 11 is 0. The van der Waals surface area contributed by atoms with Crippen LogP contribution in [0.25, 0.3) is 10.8 Å². The van der Waals surface area contributed by atoms with E-state index in [2.05, 4.69) is 62.5 Å². The second kappa shape index (κ2) is 7.83. The molecule has 2 aliphatic carbocycles. The zero-order valence-electron chi connectivity index (χ0n) is 17.3. The van der Waals surface area contributed by atoms with Gasteiger partial charge in [0.05, 0.1) is 6.10 Å². The first-order chi connectivity index (χ1) is 13.0. The van der Waals surface area contributed by atoms with E-state index in [0.29, 0.717) is 11.5 Å². The molecule has 2 saturated carbocycles. The predicted octanol–water partition coefficient (Wildman–Crippen LogP) is 6.47. The third kappa shape index (κ3) is 4.66. The summed E-state index contributed by atoms with van der Waals surface area (Å²) in [6.45, 7) is 8.10. The topological polar surface area (TPSA) is 21.3 Å². The zero-order valence-corrected chi connectivity index (χ0v) is 17.3. The molecule has 0 spiro atoms. The lowest BCUT2D eigenvalue weighted by molar-refractivity contribution is 0.0883. The van der Waals surface area contributed by atoms with Crippen molar-refractivity contribution in [3.63, 3.8) is 0 Å². The maximum Gasteiger partial charge on any atom is 0.120 e. The fourth-order valence-electron chi connectivity index (χ4n) is 4.57. The molecule has 0 saturated heterocycles. The molecule has 4 rings (SSSR count). The van der Waals surface area contributed by atoms with Gasteiger partial charge in [-0.2, -0.15) is 0 Å². The summed E-state index contributed by atoms with van der Waals surface area (Å²) in [5, 5.41) is 6.25. The highest BCUT2D eigenvalue weighted by Gasteiger charge is 2.30. The minimum absolute atomic E-state index is 0.381. The first-order valence-electron chi connectivity index (χ1n) is 10.9. The van der Waals surface area contributed by atoms with Gasteiger partial charge in [0.1, 0.15) is 5.75 Å². The van der Waals surface area contributed by atoms with Crippen LogP contribution in [-0.2, 0) is 6.54 Å². The van der Waals surface area contributed by atoms with Crippen LogP contribution in [0.15, 0.2) is 36.4 Å². The molecule has 0 aliphatic heterocycles. The fourth-order valence-corrected chi connectivity index (χ4v) is 4.57. The molecule has 0 unspecified atom stereocenters. The van der Waals surface area contributed by atoms with E-state index in [-0.39, 0.29) is 0 Å². The SMILES string of the molecule is CC(C)(C)[C@H]1CC[C@H](Oc2ccc3cc(CNC4CCC4)ccc3c2)CC1.